The highest BCUT2D eigenvalue weighted by Gasteiger charge is 2.16. The predicted molar refractivity (Wildman–Crippen MR) is 81.2 cm³/mol. The third-order valence-electron chi connectivity index (χ3n) is 3.38. The van der Waals surface area contributed by atoms with Crippen molar-refractivity contribution in [1.82, 2.24) is 0 Å². The molecule has 19 heavy (non-hydrogen) atoms. The number of rotatable bonds is 2. The molecular weight excluding hydrogens is 279 g/mol. The topological polar surface area (TPSA) is 20.2 Å². The first-order valence-electron chi connectivity index (χ1n) is 6.11. The highest BCUT2D eigenvalue weighted by Crippen LogP contribution is 2.31. The van der Waals surface area contributed by atoms with Gasteiger partial charge in [-0.05, 0) is 66.8 Å². The molecule has 2 aromatic rings. The fourth-order valence-electron chi connectivity index (χ4n) is 2.17. The van der Waals surface area contributed by atoms with Gasteiger partial charge in [-0.25, -0.2) is 0 Å². The molecule has 1 atom stereocenters. The number of aliphatic hydroxyl groups is 1. The third kappa shape index (κ3) is 2.94. The van der Waals surface area contributed by atoms with Crippen molar-refractivity contribution in [1.29, 1.82) is 0 Å². The summed E-state index contributed by atoms with van der Waals surface area (Å²) in [4.78, 5) is 0. The van der Waals surface area contributed by atoms with Gasteiger partial charge in [0.05, 0.1) is 0 Å². The van der Waals surface area contributed by atoms with Crippen LogP contribution < -0.4 is 0 Å². The van der Waals surface area contributed by atoms with Gasteiger partial charge in [-0.15, -0.1) is 0 Å². The third-order valence-corrected chi connectivity index (χ3v) is 4.02. The maximum atomic E-state index is 10.6. The lowest BCUT2D eigenvalue weighted by atomic mass is 9.93. The number of halogens is 2. The van der Waals surface area contributed by atoms with Crippen molar-refractivity contribution in [3.8, 4) is 0 Å². The van der Waals surface area contributed by atoms with Crippen LogP contribution in [0.15, 0.2) is 30.3 Å². The second kappa shape index (κ2) is 5.54. The lowest BCUT2D eigenvalue weighted by Crippen LogP contribution is -2.05. The summed E-state index contributed by atoms with van der Waals surface area (Å²) in [5.74, 6) is 0. The molecule has 2 rings (SSSR count). The predicted octanol–water partition coefficient (Wildman–Crippen LogP) is 5.00. The Morgan fingerprint density at radius 1 is 0.842 bits per heavy atom. The van der Waals surface area contributed by atoms with Crippen molar-refractivity contribution >= 4 is 23.2 Å². The number of aliphatic hydroxyl groups excluding tert-OH is 1. The van der Waals surface area contributed by atoms with E-state index in [9.17, 15) is 5.11 Å². The fourth-order valence-corrected chi connectivity index (χ4v) is 2.57. The minimum atomic E-state index is -0.685. The molecule has 0 heterocycles. The Balaban J connectivity index is 2.52. The Bertz CT molecular complexity index is 620. The van der Waals surface area contributed by atoms with Gasteiger partial charge in [-0.3, -0.25) is 0 Å². The summed E-state index contributed by atoms with van der Waals surface area (Å²) in [5, 5.41) is 11.9. The molecule has 0 spiro atoms. The first-order chi connectivity index (χ1) is 8.90. The fraction of sp³-hybridized carbons (Fsp3) is 0.250. The van der Waals surface area contributed by atoms with Crippen LogP contribution in [0.5, 0.6) is 0 Å². The molecule has 0 radical (unpaired) electrons. The van der Waals surface area contributed by atoms with Crippen molar-refractivity contribution < 1.29 is 5.11 Å². The summed E-state index contributed by atoms with van der Waals surface area (Å²) in [7, 11) is 0. The molecule has 2 aromatic carbocycles. The van der Waals surface area contributed by atoms with Gasteiger partial charge in [0.2, 0.25) is 0 Å². The van der Waals surface area contributed by atoms with Gasteiger partial charge in [0.25, 0.3) is 0 Å². The highest BCUT2D eigenvalue weighted by atomic mass is 35.5. The normalized spacial score (nSPS) is 12.5. The molecule has 0 bridgehead atoms. The van der Waals surface area contributed by atoms with Crippen LogP contribution in [-0.2, 0) is 0 Å². The van der Waals surface area contributed by atoms with E-state index in [2.05, 4.69) is 0 Å². The number of hydrogen-bond donors (Lipinski definition) is 1. The largest absolute Gasteiger partial charge is 0.384 e. The summed E-state index contributed by atoms with van der Waals surface area (Å²) >= 11 is 12.1. The smallest absolute Gasteiger partial charge is 0.105 e. The summed E-state index contributed by atoms with van der Waals surface area (Å²) in [6.07, 6.45) is -0.685. The number of hydrogen-bond acceptors (Lipinski definition) is 1. The second-order valence-electron chi connectivity index (χ2n) is 4.86. The summed E-state index contributed by atoms with van der Waals surface area (Å²) in [6.45, 7) is 5.85. The lowest BCUT2D eigenvalue weighted by molar-refractivity contribution is 0.218. The zero-order chi connectivity index (χ0) is 14.2. The van der Waals surface area contributed by atoms with Crippen LogP contribution in [0.4, 0.5) is 0 Å². The first kappa shape index (κ1) is 14.4. The van der Waals surface area contributed by atoms with Crippen LogP contribution >= 0.6 is 23.2 Å². The van der Waals surface area contributed by atoms with Gasteiger partial charge in [-0.2, -0.15) is 0 Å². The van der Waals surface area contributed by atoms with E-state index in [1.807, 2.05) is 51.1 Å². The minimum Gasteiger partial charge on any atom is -0.384 e. The molecule has 0 fully saturated rings. The molecule has 0 amide bonds. The van der Waals surface area contributed by atoms with Gasteiger partial charge < -0.3 is 5.11 Å². The summed E-state index contributed by atoms with van der Waals surface area (Å²) < 4.78 is 0. The van der Waals surface area contributed by atoms with E-state index in [4.69, 9.17) is 23.2 Å². The van der Waals surface area contributed by atoms with E-state index < -0.39 is 6.10 Å². The quantitative estimate of drug-likeness (QED) is 0.826. The van der Waals surface area contributed by atoms with E-state index in [0.29, 0.717) is 5.02 Å². The average Bonchev–Trinajstić information content (AvgIpc) is 2.36. The van der Waals surface area contributed by atoms with Crippen LogP contribution in [0.1, 0.15) is 33.9 Å². The summed E-state index contributed by atoms with van der Waals surface area (Å²) in [6, 6.07) is 9.37. The van der Waals surface area contributed by atoms with Crippen LogP contribution in [0.3, 0.4) is 0 Å². The Morgan fingerprint density at radius 2 is 1.47 bits per heavy atom. The standard InChI is InChI=1S/C16H16Cl2O/c1-9-4-5-12(17)8-14(9)16(19)13-6-11(3)15(18)7-10(13)2/h4-8,16,19H,1-3H3. The van der Waals surface area contributed by atoms with E-state index in [1.165, 1.54) is 0 Å². The maximum absolute atomic E-state index is 10.6. The molecule has 1 nitrogen and oxygen atoms in total. The molecule has 0 saturated heterocycles. The van der Waals surface area contributed by atoms with Gasteiger partial charge in [-0.1, -0.05) is 35.3 Å². The van der Waals surface area contributed by atoms with Crippen molar-refractivity contribution in [2.45, 2.75) is 26.9 Å². The molecule has 3 heteroatoms. The monoisotopic (exact) mass is 294 g/mol. The van der Waals surface area contributed by atoms with Crippen LogP contribution in [-0.4, -0.2) is 5.11 Å². The van der Waals surface area contributed by atoms with Crippen molar-refractivity contribution in [2.75, 3.05) is 0 Å². The van der Waals surface area contributed by atoms with Gasteiger partial charge in [0.15, 0.2) is 0 Å². The minimum absolute atomic E-state index is 0.628. The molecule has 0 aliphatic rings. The second-order valence-corrected chi connectivity index (χ2v) is 5.71. The molecule has 0 aromatic heterocycles. The van der Waals surface area contributed by atoms with Gasteiger partial charge in [0.1, 0.15) is 6.10 Å². The molecule has 1 unspecified atom stereocenters. The van der Waals surface area contributed by atoms with Gasteiger partial charge >= 0.3 is 0 Å². The lowest BCUT2D eigenvalue weighted by Gasteiger charge is -2.18. The number of benzene rings is 2. The van der Waals surface area contributed by atoms with Gasteiger partial charge in [0, 0.05) is 10.0 Å². The zero-order valence-corrected chi connectivity index (χ0v) is 12.7. The van der Waals surface area contributed by atoms with Crippen LogP contribution in [0.2, 0.25) is 10.0 Å². The molecule has 0 aliphatic carbocycles. The Hall–Kier alpha value is -1.02. The average molecular weight is 295 g/mol. The van der Waals surface area contributed by atoms with Crippen LogP contribution in [0, 0.1) is 20.8 Å². The molecular formula is C16H16Cl2O. The Morgan fingerprint density at radius 3 is 2.16 bits per heavy atom. The molecule has 0 aliphatic heterocycles. The van der Waals surface area contributed by atoms with E-state index in [0.717, 1.165) is 32.8 Å². The zero-order valence-electron chi connectivity index (χ0n) is 11.2. The maximum Gasteiger partial charge on any atom is 0.105 e. The first-order valence-corrected chi connectivity index (χ1v) is 6.86. The SMILES string of the molecule is Cc1cc(C(O)c2cc(Cl)ccc2C)c(C)cc1Cl. The van der Waals surface area contributed by atoms with Crippen molar-refractivity contribution in [3.05, 3.63) is 68.2 Å². The van der Waals surface area contributed by atoms with E-state index >= 15 is 0 Å². The van der Waals surface area contributed by atoms with Crippen LogP contribution in [0.25, 0.3) is 0 Å². The van der Waals surface area contributed by atoms with E-state index in [-0.39, 0.29) is 0 Å². The van der Waals surface area contributed by atoms with Crippen molar-refractivity contribution in [2.24, 2.45) is 0 Å². The molecule has 100 valence electrons. The molecule has 0 saturated carbocycles. The summed E-state index contributed by atoms with van der Waals surface area (Å²) in [5.41, 5.74) is 4.65. The number of aryl methyl sites for hydroxylation is 3. The molecule has 1 N–H and O–H groups in total. The highest BCUT2D eigenvalue weighted by molar-refractivity contribution is 6.31. The Labute approximate surface area is 123 Å². The van der Waals surface area contributed by atoms with Crippen molar-refractivity contribution in [3.63, 3.8) is 0 Å². The van der Waals surface area contributed by atoms with E-state index in [1.54, 1.807) is 0 Å². The Kier molecular flexibility index (Phi) is 4.19.